The molecule has 0 fully saturated rings. The first kappa shape index (κ1) is 23.7. The lowest BCUT2D eigenvalue weighted by Gasteiger charge is -2.23. The molecule has 7 nitrogen and oxygen atoms in total. The first-order valence-electron chi connectivity index (χ1n) is 9.11. The monoisotopic (exact) mass is 547 g/mol. The number of aryl methyl sites for hydroxylation is 2. The van der Waals surface area contributed by atoms with Crippen molar-refractivity contribution in [2.75, 3.05) is 13.6 Å². The Balaban J connectivity index is 0.00000300. The summed E-state index contributed by atoms with van der Waals surface area (Å²) in [4.78, 5) is 8.24. The number of aromatic nitrogens is 4. The summed E-state index contributed by atoms with van der Waals surface area (Å²) in [6, 6.07) is 6.21. The molecule has 0 aliphatic carbocycles. The summed E-state index contributed by atoms with van der Waals surface area (Å²) in [5.74, 6) is 2.55. The number of rotatable bonds is 7. The molecule has 0 saturated carbocycles. The Morgan fingerprint density at radius 1 is 1.34 bits per heavy atom. The Kier molecular flexibility index (Phi) is 8.97. The molecular formula is C19H27ClIN7S. The number of nitrogens with zero attached hydrogens (tertiary/aromatic N) is 6. The molecule has 3 aromatic rings. The summed E-state index contributed by atoms with van der Waals surface area (Å²) in [5, 5.41) is 14.6. The highest BCUT2D eigenvalue weighted by atomic mass is 127. The van der Waals surface area contributed by atoms with Gasteiger partial charge in [0.1, 0.15) is 12.4 Å². The van der Waals surface area contributed by atoms with Gasteiger partial charge in [-0.05, 0) is 30.9 Å². The van der Waals surface area contributed by atoms with Crippen LogP contribution in [0.5, 0.6) is 0 Å². The lowest BCUT2D eigenvalue weighted by atomic mass is 10.3. The second kappa shape index (κ2) is 11.0. The van der Waals surface area contributed by atoms with Gasteiger partial charge >= 0.3 is 0 Å². The zero-order valence-electron chi connectivity index (χ0n) is 17.1. The fraction of sp³-hybridized carbons (Fsp3) is 0.421. The number of aliphatic imine (C=N–C) groups is 1. The van der Waals surface area contributed by atoms with Crippen molar-refractivity contribution < 1.29 is 0 Å². The molecule has 158 valence electrons. The van der Waals surface area contributed by atoms with E-state index >= 15 is 0 Å². The van der Waals surface area contributed by atoms with Gasteiger partial charge in [-0.3, -0.25) is 0 Å². The normalized spacial score (nSPS) is 11.4. The van der Waals surface area contributed by atoms with E-state index in [9.17, 15) is 0 Å². The number of hydrogen-bond donors (Lipinski definition) is 1. The van der Waals surface area contributed by atoms with Gasteiger partial charge in [0.2, 0.25) is 0 Å². The molecule has 10 heteroatoms. The quantitative estimate of drug-likeness (QED) is 0.279. The highest BCUT2D eigenvalue weighted by Gasteiger charge is 2.12. The van der Waals surface area contributed by atoms with Crippen LogP contribution in [0.15, 0.2) is 34.8 Å². The Hall–Kier alpha value is -1.59. The zero-order chi connectivity index (χ0) is 20.1. The summed E-state index contributed by atoms with van der Waals surface area (Å²) in [5.41, 5.74) is 1.12. The number of nitrogens with one attached hydrogen (secondary N) is 1. The fourth-order valence-corrected chi connectivity index (χ4v) is 3.82. The minimum absolute atomic E-state index is 0. The van der Waals surface area contributed by atoms with E-state index in [1.54, 1.807) is 11.3 Å². The van der Waals surface area contributed by atoms with Gasteiger partial charge in [-0.15, -0.1) is 45.5 Å². The number of hydrogen-bond acceptors (Lipinski definition) is 4. The minimum Gasteiger partial charge on any atom is -0.356 e. The zero-order valence-corrected chi connectivity index (χ0v) is 21.0. The van der Waals surface area contributed by atoms with Crippen LogP contribution in [0, 0.1) is 6.92 Å². The lowest BCUT2D eigenvalue weighted by molar-refractivity contribution is 0.460. The molecule has 3 heterocycles. The summed E-state index contributed by atoms with van der Waals surface area (Å²) in [7, 11) is 5.98. The van der Waals surface area contributed by atoms with Gasteiger partial charge in [-0.1, -0.05) is 17.7 Å². The molecular weight excluding hydrogens is 521 g/mol. The van der Waals surface area contributed by atoms with Crippen molar-refractivity contribution in [1.82, 2.24) is 29.5 Å². The third-order valence-corrected chi connectivity index (χ3v) is 5.77. The van der Waals surface area contributed by atoms with E-state index in [-0.39, 0.29) is 24.0 Å². The third kappa shape index (κ3) is 6.45. The maximum atomic E-state index is 6.13. The van der Waals surface area contributed by atoms with E-state index in [1.807, 2.05) is 49.5 Å². The van der Waals surface area contributed by atoms with Crippen LogP contribution < -0.4 is 5.32 Å². The van der Waals surface area contributed by atoms with Crippen molar-refractivity contribution in [3.63, 3.8) is 0 Å². The highest BCUT2D eigenvalue weighted by molar-refractivity contribution is 14.0. The van der Waals surface area contributed by atoms with Gasteiger partial charge < -0.3 is 19.4 Å². The molecule has 3 rings (SSSR count). The second-order valence-electron chi connectivity index (χ2n) is 6.74. The van der Waals surface area contributed by atoms with Crippen LogP contribution in [0.25, 0.3) is 0 Å². The number of guanidine groups is 1. The van der Waals surface area contributed by atoms with Gasteiger partial charge in [0.25, 0.3) is 0 Å². The van der Waals surface area contributed by atoms with Crippen LogP contribution in [-0.4, -0.2) is 43.8 Å². The highest BCUT2D eigenvalue weighted by Crippen LogP contribution is 2.14. The van der Waals surface area contributed by atoms with Crippen molar-refractivity contribution in [3.05, 3.63) is 57.0 Å². The van der Waals surface area contributed by atoms with Crippen LogP contribution in [0.2, 0.25) is 5.02 Å². The Morgan fingerprint density at radius 2 is 2.14 bits per heavy atom. The average molecular weight is 548 g/mol. The molecule has 1 N–H and O–H groups in total. The van der Waals surface area contributed by atoms with Crippen LogP contribution in [0.1, 0.15) is 22.2 Å². The SMILES string of the molecule is Cc1nnc(CN=C(NCCc2cccs2)N(C)Cc2cc(Cl)cn2C)n1C.I. The maximum absolute atomic E-state index is 6.13. The predicted octanol–water partition coefficient (Wildman–Crippen LogP) is 3.62. The molecule has 29 heavy (non-hydrogen) atoms. The summed E-state index contributed by atoms with van der Waals surface area (Å²) < 4.78 is 4.00. The Morgan fingerprint density at radius 3 is 2.72 bits per heavy atom. The average Bonchev–Trinajstić information content (AvgIpc) is 3.35. The minimum atomic E-state index is 0. The Bertz CT molecular complexity index is 933. The Labute approximate surface area is 197 Å². The molecule has 0 unspecified atom stereocenters. The molecule has 0 amide bonds. The first-order chi connectivity index (χ1) is 13.4. The molecule has 0 aliphatic heterocycles. The first-order valence-corrected chi connectivity index (χ1v) is 10.4. The molecule has 0 aliphatic rings. The van der Waals surface area contributed by atoms with Crippen molar-refractivity contribution in [2.24, 2.45) is 19.1 Å². The molecule has 3 aromatic heterocycles. The molecule has 0 bridgehead atoms. The fourth-order valence-electron chi connectivity index (χ4n) is 2.84. The smallest absolute Gasteiger partial charge is 0.194 e. The van der Waals surface area contributed by atoms with Gasteiger partial charge in [0.05, 0.1) is 11.6 Å². The van der Waals surface area contributed by atoms with Crippen LogP contribution in [0.3, 0.4) is 0 Å². The summed E-state index contributed by atoms with van der Waals surface area (Å²) in [6.07, 6.45) is 2.87. The largest absolute Gasteiger partial charge is 0.356 e. The van der Waals surface area contributed by atoms with Crippen molar-refractivity contribution in [3.8, 4) is 0 Å². The van der Waals surface area contributed by atoms with E-state index in [0.29, 0.717) is 13.1 Å². The van der Waals surface area contributed by atoms with Crippen LogP contribution >= 0.6 is 46.9 Å². The van der Waals surface area contributed by atoms with Gasteiger partial charge in [-0.25, -0.2) is 4.99 Å². The summed E-state index contributed by atoms with van der Waals surface area (Å²) >= 11 is 7.90. The molecule has 0 aromatic carbocycles. The lowest BCUT2D eigenvalue weighted by Crippen LogP contribution is -2.39. The third-order valence-electron chi connectivity index (χ3n) is 4.62. The van der Waals surface area contributed by atoms with E-state index < -0.39 is 0 Å². The number of thiophene rings is 1. The van der Waals surface area contributed by atoms with Crippen molar-refractivity contribution in [2.45, 2.75) is 26.4 Å². The summed E-state index contributed by atoms with van der Waals surface area (Å²) in [6.45, 7) is 3.92. The maximum Gasteiger partial charge on any atom is 0.194 e. The standard InChI is InChI=1S/C19H26ClN7S.HI/c1-14-23-24-18(27(14)4)11-22-19(21-8-7-17-6-5-9-28-17)26(3)13-16-10-15(20)12-25(16)2;/h5-6,9-10,12H,7-8,11,13H2,1-4H3,(H,21,22);1H. The molecule has 0 spiro atoms. The van der Waals surface area contributed by atoms with Crippen LogP contribution in [0.4, 0.5) is 0 Å². The predicted molar refractivity (Wildman–Crippen MR) is 130 cm³/mol. The molecule has 0 radical (unpaired) electrons. The number of halogens is 2. The van der Waals surface area contributed by atoms with Crippen LogP contribution in [-0.2, 0) is 33.6 Å². The van der Waals surface area contributed by atoms with E-state index in [2.05, 4.69) is 37.9 Å². The van der Waals surface area contributed by atoms with Crippen molar-refractivity contribution in [1.29, 1.82) is 0 Å². The molecule has 0 atom stereocenters. The van der Waals surface area contributed by atoms with Crippen molar-refractivity contribution >= 4 is 52.9 Å². The van der Waals surface area contributed by atoms with E-state index in [1.165, 1.54) is 4.88 Å². The topological polar surface area (TPSA) is 63.3 Å². The molecule has 0 saturated heterocycles. The second-order valence-corrected chi connectivity index (χ2v) is 8.20. The van der Waals surface area contributed by atoms with Gasteiger partial charge in [-0.2, -0.15) is 0 Å². The van der Waals surface area contributed by atoms with Gasteiger partial charge in [0, 0.05) is 44.5 Å². The van der Waals surface area contributed by atoms with E-state index in [4.69, 9.17) is 16.6 Å². The van der Waals surface area contributed by atoms with Gasteiger partial charge in [0.15, 0.2) is 11.8 Å². The van der Waals surface area contributed by atoms with E-state index in [0.717, 1.165) is 41.3 Å².